The molecule has 4 N–H and O–H groups in total. The molecule has 0 saturated carbocycles. The van der Waals surface area contributed by atoms with Crippen molar-refractivity contribution < 1.29 is 9.59 Å². The Hall–Kier alpha value is -2.86. The van der Waals surface area contributed by atoms with E-state index in [-0.39, 0.29) is 12.3 Å². The molecular weight excluding hydrogens is 352 g/mol. The predicted molar refractivity (Wildman–Crippen MR) is 109 cm³/mol. The van der Waals surface area contributed by atoms with Gasteiger partial charge in [-0.2, -0.15) is 0 Å². The first-order valence-corrected chi connectivity index (χ1v) is 9.78. The molecule has 1 aliphatic heterocycles. The lowest BCUT2D eigenvalue weighted by Crippen LogP contribution is -2.36. The fraction of sp³-hybridized carbons (Fsp3) is 0.364. The van der Waals surface area contributed by atoms with Gasteiger partial charge in [-0.25, -0.2) is 4.79 Å². The number of benzene rings is 2. The summed E-state index contributed by atoms with van der Waals surface area (Å²) in [4.78, 5) is 26.1. The third-order valence-electron chi connectivity index (χ3n) is 5.03. The summed E-state index contributed by atoms with van der Waals surface area (Å²) in [6.45, 7) is 3.81. The Kier molecular flexibility index (Phi) is 7.03. The Balaban J connectivity index is 1.50. The lowest BCUT2D eigenvalue weighted by Gasteiger charge is -2.18. The monoisotopic (exact) mass is 380 g/mol. The number of nitrogens with zero attached hydrogens (tertiary/aromatic N) is 1. The van der Waals surface area contributed by atoms with E-state index in [0.717, 1.165) is 17.7 Å². The van der Waals surface area contributed by atoms with Gasteiger partial charge in [-0.15, -0.1) is 0 Å². The maximum Gasteiger partial charge on any atom is 0.312 e. The van der Waals surface area contributed by atoms with E-state index >= 15 is 0 Å². The number of hydrogen-bond donors (Lipinski definition) is 3. The quantitative estimate of drug-likeness (QED) is 0.658. The molecule has 0 radical (unpaired) electrons. The molecular formula is C22H28N4O2. The van der Waals surface area contributed by atoms with Crippen molar-refractivity contribution in [2.24, 2.45) is 5.73 Å². The molecule has 28 heavy (non-hydrogen) atoms. The molecule has 2 aromatic carbocycles. The molecule has 6 nitrogen and oxygen atoms in total. The Morgan fingerprint density at radius 1 is 0.964 bits per heavy atom. The van der Waals surface area contributed by atoms with Crippen molar-refractivity contribution in [1.29, 1.82) is 0 Å². The number of rotatable bonds is 8. The predicted octanol–water partition coefficient (Wildman–Crippen LogP) is 2.70. The lowest BCUT2D eigenvalue weighted by atomic mass is 10.0. The zero-order valence-electron chi connectivity index (χ0n) is 16.1. The van der Waals surface area contributed by atoms with Crippen molar-refractivity contribution in [3.8, 4) is 0 Å². The van der Waals surface area contributed by atoms with E-state index in [1.807, 2.05) is 30.3 Å². The molecule has 1 aliphatic rings. The maximum absolute atomic E-state index is 12.4. The highest BCUT2D eigenvalue weighted by Gasteiger charge is 2.17. The van der Waals surface area contributed by atoms with Gasteiger partial charge in [-0.05, 0) is 42.6 Å². The lowest BCUT2D eigenvalue weighted by molar-refractivity contribution is -0.121. The summed E-state index contributed by atoms with van der Waals surface area (Å²) in [6.07, 6.45) is 2.72. The molecule has 148 valence electrons. The standard InChI is InChI=1S/C22H28N4O2/c23-22(28)25-20(19-6-2-1-3-7-19)14-21(27)24-15-17-8-10-18(11-9-17)16-26-12-4-5-13-26/h1-3,6-11,20H,4-5,12-16H2,(H,24,27)(H3,23,25,28)/t20-/m0/s1. The number of nitrogens with two attached hydrogens (primary N) is 1. The molecule has 3 amide bonds. The number of carbonyl (C=O) groups is 2. The van der Waals surface area contributed by atoms with Gasteiger partial charge in [0.15, 0.2) is 0 Å². The first kappa shape index (κ1) is 19.9. The summed E-state index contributed by atoms with van der Waals surface area (Å²) in [5, 5.41) is 5.56. The summed E-state index contributed by atoms with van der Waals surface area (Å²) in [7, 11) is 0. The van der Waals surface area contributed by atoms with E-state index in [0.29, 0.717) is 6.54 Å². The summed E-state index contributed by atoms with van der Waals surface area (Å²) in [5.74, 6) is -0.135. The van der Waals surface area contributed by atoms with Crippen molar-refractivity contribution in [2.45, 2.75) is 38.4 Å². The molecule has 0 aliphatic carbocycles. The fourth-order valence-corrected chi connectivity index (χ4v) is 3.53. The second-order valence-corrected chi connectivity index (χ2v) is 7.25. The minimum atomic E-state index is -0.643. The molecule has 2 aromatic rings. The third kappa shape index (κ3) is 6.09. The van der Waals surface area contributed by atoms with Gasteiger partial charge < -0.3 is 16.4 Å². The fourth-order valence-electron chi connectivity index (χ4n) is 3.53. The van der Waals surface area contributed by atoms with Gasteiger partial charge in [0, 0.05) is 13.1 Å². The molecule has 1 atom stereocenters. The normalized spacial score (nSPS) is 15.1. The van der Waals surface area contributed by atoms with Crippen LogP contribution < -0.4 is 16.4 Å². The van der Waals surface area contributed by atoms with Crippen LogP contribution in [0.15, 0.2) is 54.6 Å². The summed E-state index contributed by atoms with van der Waals surface area (Å²) in [5.41, 5.74) is 8.46. The van der Waals surface area contributed by atoms with Gasteiger partial charge >= 0.3 is 6.03 Å². The molecule has 3 rings (SSSR count). The van der Waals surface area contributed by atoms with Crippen LogP contribution in [-0.2, 0) is 17.9 Å². The SMILES string of the molecule is NC(=O)N[C@@H](CC(=O)NCc1ccc(CN2CCCC2)cc1)c1ccccc1. The Labute approximate surface area is 166 Å². The zero-order valence-corrected chi connectivity index (χ0v) is 16.1. The van der Waals surface area contributed by atoms with Crippen molar-refractivity contribution >= 4 is 11.9 Å². The summed E-state index contributed by atoms with van der Waals surface area (Å²) in [6, 6.07) is 16.6. The zero-order chi connectivity index (χ0) is 19.8. The highest BCUT2D eigenvalue weighted by Crippen LogP contribution is 2.17. The van der Waals surface area contributed by atoms with Crippen LogP contribution in [0.5, 0.6) is 0 Å². The van der Waals surface area contributed by atoms with Crippen LogP contribution in [0.2, 0.25) is 0 Å². The van der Waals surface area contributed by atoms with E-state index in [1.165, 1.54) is 31.5 Å². The van der Waals surface area contributed by atoms with Crippen LogP contribution in [0, 0.1) is 0 Å². The highest BCUT2D eigenvalue weighted by atomic mass is 16.2. The van der Waals surface area contributed by atoms with Gasteiger partial charge in [0.2, 0.25) is 5.91 Å². The summed E-state index contributed by atoms with van der Waals surface area (Å²) >= 11 is 0. The Bertz CT molecular complexity index is 771. The van der Waals surface area contributed by atoms with Crippen LogP contribution in [-0.4, -0.2) is 29.9 Å². The Morgan fingerprint density at radius 3 is 2.25 bits per heavy atom. The largest absolute Gasteiger partial charge is 0.352 e. The molecule has 1 saturated heterocycles. The second kappa shape index (κ2) is 9.90. The molecule has 1 fully saturated rings. The first-order chi connectivity index (χ1) is 13.6. The number of nitrogens with one attached hydrogen (secondary N) is 2. The maximum atomic E-state index is 12.4. The van der Waals surface area contributed by atoms with Crippen LogP contribution >= 0.6 is 0 Å². The molecule has 0 aromatic heterocycles. The van der Waals surface area contributed by atoms with Crippen molar-refractivity contribution in [1.82, 2.24) is 15.5 Å². The van der Waals surface area contributed by atoms with Gasteiger partial charge in [-0.3, -0.25) is 9.69 Å². The summed E-state index contributed by atoms with van der Waals surface area (Å²) < 4.78 is 0. The second-order valence-electron chi connectivity index (χ2n) is 7.25. The van der Waals surface area contributed by atoms with Gasteiger partial charge in [0.25, 0.3) is 0 Å². The van der Waals surface area contributed by atoms with Crippen molar-refractivity contribution in [3.63, 3.8) is 0 Å². The average molecular weight is 380 g/mol. The minimum Gasteiger partial charge on any atom is -0.352 e. The number of hydrogen-bond acceptors (Lipinski definition) is 3. The molecule has 6 heteroatoms. The van der Waals surface area contributed by atoms with Crippen molar-refractivity contribution in [2.75, 3.05) is 13.1 Å². The van der Waals surface area contributed by atoms with Crippen LogP contribution in [0.25, 0.3) is 0 Å². The smallest absolute Gasteiger partial charge is 0.312 e. The van der Waals surface area contributed by atoms with Gasteiger partial charge in [0.05, 0.1) is 12.5 Å². The minimum absolute atomic E-state index is 0.135. The van der Waals surface area contributed by atoms with E-state index < -0.39 is 12.1 Å². The van der Waals surface area contributed by atoms with Crippen LogP contribution in [0.4, 0.5) is 4.79 Å². The van der Waals surface area contributed by atoms with Gasteiger partial charge in [-0.1, -0.05) is 54.6 Å². The molecule has 0 spiro atoms. The number of carbonyl (C=O) groups excluding carboxylic acids is 2. The van der Waals surface area contributed by atoms with E-state index in [2.05, 4.69) is 39.8 Å². The Morgan fingerprint density at radius 2 is 1.61 bits per heavy atom. The number of likely N-dealkylation sites (tertiary alicyclic amines) is 1. The van der Waals surface area contributed by atoms with Crippen LogP contribution in [0.1, 0.15) is 42.0 Å². The third-order valence-corrected chi connectivity index (χ3v) is 5.03. The number of urea groups is 1. The number of primary amides is 1. The van der Waals surface area contributed by atoms with E-state index in [4.69, 9.17) is 5.73 Å². The highest BCUT2D eigenvalue weighted by molar-refractivity contribution is 5.78. The molecule has 1 heterocycles. The molecule has 0 unspecified atom stereocenters. The van der Waals surface area contributed by atoms with Gasteiger partial charge in [0.1, 0.15) is 0 Å². The first-order valence-electron chi connectivity index (χ1n) is 9.78. The number of amides is 3. The van der Waals surface area contributed by atoms with Crippen LogP contribution in [0.3, 0.4) is 0 Å². The molecule has 0 bridgehead atoms. The van der Waals surface area contributed by atoms with E-state index in [9.17, 15) is 9.59 Å². The van der Waals surface area contributed by atoms with Crippen molar-refractivity contribution in [3.05, 3.63) is 71.3 Å². The van der Waals surface area contributed by atoms with E-state index in [1.54, 1.807) is 0 Å². The average Bonchev–Trinajstić information content (AvgIpc) is 3.20. The topological polar surface area (TPSA) is 87.5 Å².